The molecule has 0 aromatic carbocycles. The highest BCUT2D eigenvalue weighted by Gasteiger charge is 2.35. The summed E-state index contributed by atoms with van der Waals surface area (Å²) in [7, 11) is 4.21. The predicted molar refractivity (Wildman–Crippen MR) is 82.2 cm³/mol. The lowest BCUT2D eigenvalue weighted by atomic mass is 10.1. The van der Waals surface area contributed by atoms with E-state index < -0.39 is 0 Å². The number of nitrogens with zero attached hydrogens (tertiary/aromatic N) is 3. The maximum atomic E-state index is 4.53. The van der Waals surface area contributed by atoms with Gasteiger partial charge in [-0.25, -0.2) is 0 Å². The van der Waals surface area contributed by atoms with Crippen LogP contribution in [0.25, 0.3) is 0 Å². The molecule has 0 amide bonds. The van der Waals surface area contributed by atoms with E-state index in [1.165, 1.54) is 25.0 Å². The lowest BCUT2D eigenvalue weighted by Crippen LogP contribution is -2.28. The summed E-state index contributed by atoms with van der Waals surface area (Å²) in [5, 5.41) is 8.23. The molecule has 0 bridgehead atoms. The molecular formula is C14H25BrN4. The van der Waals surface area contributed by atoms with Crippen LogP contribution in [-0.4, -0.2) is 41.9 Å². The summed E-state index contributed by atoms with van der Waals surface area (Å²) in [4.78, 5) is 2.20. The molecule has 2 rings (SSSR count). The first-order chi connectivity index (χ1) is 9.13. The summed E-state index contributed by atoms with van der Waals surface area (Å²) in [5.41, 5.74) is 1.33. The third-order valence-corrected chi connectivity index (χ3v) is 4.21. The zero-order valence-electron chi connectivity index (χ0n) is 12.2. The number of aromatic nitrogens is 2. The van der Waals surface area contributed by atoms with Crippen LogP contribution in [0, 0.1) is 5.92 Å². The molecule has 1 fully saturated rings. The number of nitrogens with one attached hydrogen (secondary N) is 1. The predicted octanol–water partition coefficient (Wildman–Crippen LogP) is 2.66. The molecule has 1 heterocycles. The Hall–Kier alpha value is -0.390. The van der Waals surface area contributed by atoms with Crippen LogP contribution in [-0.2, 0) is 6.54 Å². The number of hydrogen-bond donors (Lipinski definition) is 1. The van der Waals surface area contributed by atoms with Crippen molar-refractivity contribution < 1.29 is 0 Å². The summed E-state index contributed by atoms with van der Waals surface area (Å²) in [6, 6.07) is 0.457. The fourth-order valence-electron chi connectivity index (χ4n) is 2.37. The Morgan fingerprint density at radius 2 is 2.26 bits per heavy atom. The summed E-state index contributed by atoms with van der Waals surface area (Å²) >= 11 is 3.68. The van der Waals surface area contributed by atoms with E-state index >= 15 is 0 Å². The average molecular weight is 329 g/mol. The van der Waals surface area contributed by atoms with E-state index in [2.05, 4.69) is 56.9 Å². The Morgan fingerprint density at radius 3 is 2.84 bits per heavy atom. The Kier molecular flexibility index (Phi) is 5.42. The molecule has 1 aliphatic rings. The van der Waals surface area contributed by atoms with Gasteiger partial charge in [0.05, 0.1) is 29.0 Å². The van der Waals surface area contributed by atoms with Crippen molar-refractivity contribution in [1.82, 2.24) is 20.0 Å². The maximum Gasteiger partial charge on any atom is 0.0699 e. The molecule has 1 aliphatic carbocycles. The van der Waals surface area contributed by atoms with E-state index in [0.29, 0.717) is 6.04 Å². The summed E-state index contributed by atoms with van der Waals surface area (Å²) in [6.45, 7) is 5.26. The SMILES string of the molecule is CCCNC(c1c(Br)cnn1CCN(C)C)C1CC1. The lowest BCUT2D eigenvalue weighted by Gasteiger charge is -2.21. The first-order valence-corrected chi connectivity index (χ1v) is 8.02. The van der Waals surface area contributed by atoms with Crippen molar-refractivity contribution in [2.24, 2.45) is 5.92 Å². The van der Waals surface area contributed by atoms with E-state index in [1.807, 2.05) is 6.20 Å². The molecule has 1 aromatic heterocycles. The maximum absolute atomic E-state index is 4.53. The fraction of sp³-hybridized carbons (Fsp3) is 0.786. The Labute approximate surface area is 124 Å². The molecule has 5 heteroatoms. The van der Waals surface area contributed by atoms with Gasteiger partial charge in [-0.2, -0.15) is 5.10 Å². The summed E-state index contributed by atoms with van der Waals surface area (Å²) < 4.78 is 3.31. The second kappa shape index (κ2) is 6.86. The van der Waals surface area contributed by atoms with Gasteiger partial charge in [0.25, 0.3) is 0 Å². The second-order valence-electron chi connectivity index (χ2n) is 5.67. The van der Waals surface area contributed by atoms with Gasteiger partial charge in [-0.1, -0.05) is 6.92 Å². The number of likely N-dealkylation sites (N-methyl/N-ethyl adjacent to an activating group) is 1. The molecule has 1 saturated carbocycles. The minimum Gasteiger partial charge on any atom is -0.308 e. The van der Waals surface area contributed by atoms with Gasteiger partial charge in [0, 0.05) is 6.54 Å². The lowest BCUT2D eigenvalue weighted by molar-refractivity contribution is 0.356. The second-order valence-corrected chi connectivity index (χ2v) is 6.53. The Morgan fingerprint density at radius 1 is 1.53 bits per heavy atom. The monoisotopic (exact) mass is 328 g/mol. The molecular weight excluding hydrogens is 304 g/mol. The van der Waals surface area contributed by atoms with Gasteiger partial charge >= 0.3 is 0 Å². The zero-order chi connectivity index (χ0) is 13.8. The quantitative estimate of drug-likeness (QED) is 0.796. The topological polar surface area (TPSA) is 33.1 Å². The summed E-state index contributed by atoms with van der Waals surface area (Å²) in [5.74, 6) is 0.789. The van der Waals surface area contributed by atoms with Crippen LogP contribution >= 0.6 is 15.9 Å². The van der Waals surface area contributed by atoms with E-state index in [-0.39, 0.29) is 0 Å². The van der Waals surface area contributed by atoms with Crippen molar-refractivity contribution in [3.63, 3.8) is 0 Å². The fourth-order valence-corrected chi connectivity index (χ4v) is 2.91. The highest BCUT2D eigenvalue weighted by molar-refractivity contribution is 9.10. The van der Waals surface area contributed by atoms with Crippen molar-refractivity contribution in [1.29, 1.82) is 0 Å². The Bertz CT molecular complexity index is 398. The third kappa shape index (κ3) is 4.04. The van der Waals surface area contributed by atoms with Crippen LogP contribution in [0.15, 0.2) is 10.7 Å². The van der Waals surface area contributed by atoms with Gasteiger partial charge in [0.15, 0.2) is 0 Å². The smallest absolute Gasteiger partial charge is 0.0699 e. The van der Waals surface area contributed by atoms with Gasteiger partial charge in [0.2, 0.25) is 0 Å². The molecule has 0 radical (unpaired) electrons. The van der Waals surface area contributed by atoms with Crippen molar-refractivity contribution in [3.8, 4) is 0 Å². The van der Waals surface area contributed by atoms with Crippen molar-refractivity contribution in [3.05, 3.63) is 16.4 Å². The molecule has 1 unspecified atom stereocenters. The minimum absolute atomic E-state index is 0.457. The van der Waals surface area contributed by atoms with E-state index in [0.717, 1.165) is 30.0 Å². The number of rotatable bonds is 8. The van der Waals surface area contributed by atoms with E-state index in [9.17, 15) is 0 Å². The standard InChI is InChI=1S/C14H25BrN4/c1-4-7-16-13(11-5-6-11)14-12(15)10-17-19(14)9-8-18(2)3/h10-11,13,16H,4-9H2,1-3H3. The van der Waals surface area contributed by atoms with Gasteiger partial charge < -0.3 is 10.2 Å². The Balaban J connectivity index is 2.12. The van der Waals surface area contributed by atoms with E-state index in [4.69, 9.17) is 0 Å². The number of halogens is 1. The van der Waals surface area contributed by atoms with Crippen LogP contribution in [0.3, 0.4) is 0 Å². The highest BCUT2D eigenvalue weighted by atomic mass is 79.9. The zero-order valence-corrected chi connectivity index (χ0v) is 13.8. The molecule has 1 atom stereocenters. The molecule has 0 aliphatic heterocycles. The van der Waals surface area contributed by atoms with Gasteiger partial charge in [-0.05, 0) is 61.8 Å². The van der Waals surface area contributed by atoms with Crippen LogP contribution in [0.5, 0.6) is 0 Å². The highest BCUT2D eigenvalue weighted by Crippen LogP contribution is 2.42. The number of hydrogen-bond acceptors (Lipinski definition) is 3. The van der Waals surface area contributed by atoms with Crippen molar-refractivity contribution in [2.75, 3.05) is 27.2 Å². The van der Waals surface area contributed by atoms with Gasteiger partial charge in [0.1, 0.15) is 0 Å². The molecule has 4 nitrogen and oxygen atoms in total. The first-order valence-electron chi connectivity index (χ1n) is 7.22. The molecule has 108 valence electrons. The largest absolute Gasteiger partial charge is 0.308 e. The molecule has 1 N–H and O–H groups in total. The molecule has 0 spiro atoms. The van der Waals surface area contributed by atoms with Gasteiger partial charge in [-0.15, -0.1) is 0 Å². The molecule has 19 heavy (non-hydrogen) atoms. The van der Waals surface area contributed by atoms with Crippen molar-refractivity contribution >= 4 is 15.9 Å². The van der Waals surface area contributed by atoms with Crippen molar-refractivity contribution in [2.45, 2.75) is 38.8 Å². The summed E-state index contributed by atoms with van der Waals surface area (Å²) in [6.07, 6.45) is 5.79. The third-order valence-electron chi connectivity index (χ3n) is 3.59. The van der Waals surface area contributed by atoms with Crippen LogP contribution < -0.4 is 5.32 Å². The van der Waals surface area contributed by atoms with Crippen LogP contribution in [0.2, 0.25) is 0 Å². The van der Waals surface area contributed by atoms with Gasteiger partial charge in [-0.3, -0.25) is 4.68 Å². The van der Waals surface area contributed by atoms with Crippen LogP contribution in [0.1, 0.15) is 37.9 Å². The van der Waals surface area contributed by atoms with Crippen LogP contribution in [0.4, 0.5) is 0 Å². The normalized spacial score (nSPS) is 17.1. The van der Waals surface area contributed by atoms with E-state index in [1.54, 1.807) is 0 Å². The molecule has 0 saturated heterocycles. The minimum atomic E-state index is 0.457. The molecule has 1 aromatic rings. The average Bonchev–Trinajstić information content (AvgIpc) is 3.14. The first kappa shape index (κ1) is 15.0.